The molecule has 8 nitrogen and oxygen atoms in total. The lowest BCUT2D eigenvalue weighted by Crippen LogP contribution is -2.45. The molecule has 19 heavy (non-hydrogen) atoms. The monoisotopic (exact) mass is 290 g/mol. The van der Waals surface area contributed by atoms with Crippen LogP contribution in [-0.2, 0) is 16.6 Å². The van der Waals surface area contributed by atoms with Crippen LogP contribution < -0.4 is 4.72 Å². The summed E-state index contributed by atoms with van der Waals surface area (Å²) < 4.78 is 32.5. The number of hydrogen-bond donors (Lipinski definition) is 2. The van der Waals surface area contributed by atoms with Crippen molar-refractivity contribution in [2.24, 2.45) is 5.92 Å². The van der Waals surface area contributed by atoms with Crippen molar-refractivity contribution >= 4 is 10.2 Å². The Morgan fingerprint density at radius 1 is 1.47 bits per heavy atom. The Morgan fingerprint density at radius 3 is 2.79 bits per heavy atom. The molecule has 0 radical (unpaired) electrons. The van der Waals surface area contributed by atoms with Crippen molar-refractivity contribution in [3.63, 3.8) is 0 Å². The Labute approximate surface area is 112 Å². The van der Waals surface area contributed by atoms with Gasteiger partial charge in [-0.05, 0) is 18.8 Å². The zero-order valence-electron chi connectivity index (χ0n) is 10.5. The van der Waals surface area contributed by atoms with Gasteiger partial charge in [0.2, 0.25) is 6.39 Å². The van der Waals surface area contributed by atoms with E-state index in [0.717, 1.165) is 0 Å². The van der Waals surface area contributed by atoms with E-state index in [-0.39, 0.29) is 19.1 Å². The summed E-state index contributed by atoms with van der Waals surface area (Å²) >= 11 is 0. The number of rotatable bonds is 6. The maximum absolute atomic E-state index is 12.0. The third-order valence-corrected chi connectivity index (χ3v) is 4.83. The molecule has 2 heterocycles. The van der Waals surface area contributed by atoms with Gasteiger partial charge in [-0.1, -0.05) is 5.16 Å². The van der Waals surface area contributed by atoms with Crippen LogP contribution in [0.3, 0.4) is 0 Å². The second-order valence-electron chi connectivity index (χ2n) is 4.52. The number of hydrogen-bond acceptors (Lipinski definition) is 6. The number of aliphatic hydroxyl groups is 1. The molecule has 0 aromatic carbocycles. The molecular weight excluding hydrogens is 272 g/mol. The maximum atomic E-state index is 12.0. The minimum absolute atomic E-state index is 0.124. The summed E-state index contributed by atoms with van der Waals surface area (Å²) in [5.74, 6) is 0.687. The van der Waals surface area contributed by atoms with Crippen LogP contribution in [0.4, 0.5) is 0 Å². The molecule has 1 aliphatic rings. The summed E-state index contributed by atoms with van der Waals surface area (Å²) in [6.45, 7) is 1.26. The minimum Gasteiger partial charge on any atom is -0.396 e. The van der Waals surface area contributed by atoms with Gasteiger partial charge in [0.05, 0.1) is 0 Å². The average Bonchev–Trinajstić information content (AvgIpc) is 2.92. The molecule has 0 bridgehead atoms. The molecule has 0 aliphatic carbocycles. The number of aromatic nitrogens is 2. The molecule has 1 saturated heterocycles. The van der Waals surface area contributed by atoms with Gasteiger partial charge in [0.25, 0.3) is 10.2 Å². The van der Waals surface area contributed by atoms with Gasteiger partial charge in [-0.25, -0.2) is 4.72 Å². The molecule has 0 amide bonds. The number of piperidine rings is 1. The lowest BCUT2D eigenvalue weighted by atomic mass is 10.00. The molecule has 1 aliphatic heterocycles. The van der Waals surface area contributed by atoms with Gasteiger partial charge in [-0.3, -0.25) is 0 Å². The molecule has 1 aromatic heterocycles. The Morgan fingerprint density at radius 2 is 2.21 bits per heavy atom. The molecule has 108 valence electrons. The van der Waals surface area contributed by atoms with Gasteiger partial charge in [0.15, 0.2) is 5.82 Å². The van der Waals surface area contributed by atoms with Crippen LogP contribution in [0.5, 0.6) is 0 Å². The summed E-state index contributed by atoms with van der Waals surface area (Å²) in [4.78, 5) is 3.82. The molecule has 0 atom stereocenters. The molecule has 0 spiro atoms. The van der Waals surface area contributed by atoms with Crippen molar-refractivity contribution in [3.8, 4) is 0 Å². The van der Waals surface area contributed by atoms with Crippen molar-refractivity contribution in [3.05, 3.63) is 12.2 Å². The van der Waals surface area contributed by atoms with Crippen molar-refractivity contribution in [2.45, 2.75) is 19.3 Å². The summed E-state index contributed by atoms with van der Waals surface area (Å²) in [5, 5.41) is 12.6. The van der Waals surface area contributed by atoms with E-state index >= 15 is 0 Å². The van der Waals surface area contributed by atoms with E-state index in [9.17, 15) is 8.42 Å². The van der Waals surface area contributed by atoms with Crippen molar-refractivity contribution in [2.75, 3.05) is 26.2 Å². The predicted molar refractivity (Wildman–Crippen MR) is 66.3 cm³/mol. The van der Waals surface area contributed by atoms with Crippen LogP contribution >= 0.6 is 0 Å². The normalized spacial score (nSPS) is 18.8. The smallest absolute Gasteiger partial charge is 0.279 e. The third-order valence-electron chi connectivity index (χ3n) is 3.21. The Hall–Kier alpha value is -1.03. The first-order valence-corrected chi connectivity index (χ1v) is 7.66. The van der Waals surface area contributed by atoms with E-state index in [4.69, 9.17) is 5.11 Å². The summed E-state index contributed by atoms with van der Waals surface area (Å²) in [6, 6.07) is 0. The molecule has 9 heteroatoms. The summed E-state index contributed by atoms with van der Waals surface area (Å²) in [7, 11) is -3.45. The van der Waals surface area contributed by atoms with E-state index in [1.807, 2.05) is 0 Å². The van der Waals surface area contributed by atoms with Gasteiger partial charge in [0.1, 0.15) is 0 Å². The molecule has 1 fully saturated rings. The van der Waals surface area contributed by atoms with E-state index < -0.39 is 10.2 Å². The average molecular weight is 290 g/mol. The molecular formula is C10H18N4O4S. The van der Waals surface area contributed by atoms with E-state index in [0.29, 0.717) is 38.2 Å². The van der Waals surface area contributed by atoms with Crippen molar-refractivity contribution < 1.29 is 18.0 Å². The minimum atomic E-state index is -3.45. The standard InChI is InChI=1S/C10H18N4O4S/c15-7-9-2-5-14(6-3-9)19(16,17)12-4-1-10-11-8-18-13-10/h8-9,12,15H,1-7H2. The van der Waals surface area contributed by atoms with Crippen LogP contribution in [0.2, 0.25) is 0 Å². The molecule has 2 rings (SSSR count). The predicted octanol–water partition coefficient (Wildman–Crippen LogP) is -0.849. The summed E-state index contributed by atoms with van der Waals surface area (Å²) in [5.41, 5.74) is 0. The lowest BCUT2D eigenvalue weighted by molar-refractivity contribution is 0.169. The van der Waals surface area contributed by atoms with Crippen LogP contribution in [0.15, 0.2) is 10.9 Å². The molecule has 2 N–H and O–H groups in total. The fraction of sp³-hybridized carbons (Fsp3) is 0.800. The zero-order chi connectivity index (χ0) is 13.7. The van der Waals surface area contributed by atoms with Crippen molar-refractivity contribution in [1.82, 2.24) is 19.2 Å². The molecule has 0 saturated carbocycles. The number of nitrogens with one attached hydrogen (secondary N) is 1. The first-order valence-electron chi connectivity index (χ1n) is 6.22. The fourth-order valence-corrected chi connectivity index (χ4v) is 3.25. The van der Waals surface area contributed by atoms with Crippen LogP contribution in [0.25, 0.3) is 0 Å². The second kappa shape index (κ2) is 6.42. The van der Waals surface area contributed by atoms with Crippen molar-refractivity contribution in [1.29, 1.82) is 0 Å². The zero-order valence-corrected chi connectivity index (χ0v) is 11.3. The number of nitrogens with zero attached hydrogens (tertiary/aromatic N) is 3. The van der Waals surface area contributed by atoms with E-state index in [2.05, 4.69) is 19.4 Å². The second-order valence-corrected chi connectivity index (χ2v) is 6.28. The van der Waals surface area contributed by atoms with E-state index in [1.165, 1.54) is 10.7 Å². The largest absolute Gasteiger partial charge is 0.396 e. The topological polar surface area (TPSA) is 109 Å². The maximum Gasteiger partial charge on any atom is 0.279 e. The van der Waals surface area contributed by atoms with E-state index in [1.54, 1.807) is 0 Å². The molecule has 0 unspecified atom stereocenters. The highest BCUT2D eigenvalue weighted by atomic mass is 32.2. The first kappa shape index (κ1) is 14.4. The SMILES string of the molecule is O=S(=O)(NCCc1ncon1)N1CCC(CO)CC1. The van der Waals surface area contributed by atoms with Crippen LogP contribution in [0.1, 0.15) is 18.7 Å². The highest BCUT2D eigenvalue weighted by molar-refractivity contribution is 7.87. The summed E-state index contributed by atoms with van der Waals surface area (Å²) in [6.07, 6.45) is 3.00. The van der Waals surface area contributed by atoms with Crippen LogP contribution in [0, 0.1) is 5.92 Å². The highest BCUT2D eigenvalue weighted by Crippen LogP contribution is 2.18. The van der Waals surface area contributed by atoms with Crippen LogP contribution in [-0.4, -0.2) is 54.2 Å². The first-order chi connectivity index (χ1) is 9.12. The Kier molecular flexibility index (Phi) is 4.86. The van der Waals surface area contributed by atoms with Gasteiger partial charge >= 0.3 is 0 Å². The van der Waals surface area contributed by atoms with Gasteiger partial charge < -0.3 is 9.63 Å². The fourth-order valence-electron chi connectivity index (χ4n) is 2.02. The van der Waals surface area contributed by atoms with Gasteiger partial charge in [0, 0.05) is 32.7 Å². The van der Waals surface area contributed by atoms with Gasteiger partial charge in [-0.2, -0.15) is 17.7 Å². The highest BCUT2D eigenvalue weighted by Gasteiger charge is 2.27. The Bertz CT molecular complexity index is 468. The van der Waals surface area contributed by atoms with Gasteiger partial charge in [-0.15, -0.1) is 0 Å². The lowest BCUT2D eigenvalue weighted by Gasteiger charge is -2.30. The Balaban J connectivity index is 1.78. The third kappa shape index (κ3) is 3.96. The molecule has 1 aromatic rings. The number of aliphatic hydroxyl groups excluding tert-OH is 1. The quantitative estimate of drug-likeness (QED) is 0.706.